The van der Waals surface area contributed by atoms with E-state index in [0.29, 0.717) is 27.1 Å². The van der Waals surface area contributed by atoms with Crippen molar-refractivity contribution in [3.05, 3.63) is 84.7 Å². The van der Waals surface area contributed by atoms with Gasteiger partial charge in [0.1, 0.15) is 11.5 Å². The van der Waals surface area contributed by atoms with E-state index in [1.165, 1.54) is 0 Å². The predicted molar refractivity (Wildman–Crippen MR) is 121 cm³/mol. The van der Waals surface area contributed by atoms with Crippen LogP contribution in [0.15, 0.2) is 63.5 Å². The van der Waals surface area contributed by atoms with Crippen molar-refractivity contribution in [1.29, 1.82) is 0 Å². The third-order valence-corrected chi connectivity index (χ3v) is 5.95. The number of hydrogen-bond donors (Lipinski definition) is 1. The predicted octanol–water partition coefficient (Wildman–Crippen LogP) is 7.80. The maximum absolute atomic E-state index is 12.5. The van der Waals surface area contributed by atoms with Gasteiger partial charge in [0.25, 0.3) is 5.91 Å². The highest BCUT2D eigenvalue weighted by molar-refractivity contribution is 9.11. The van der Waals surface area contributed by atoms with Crippen molar-refractivity contribution in [2.24, 2.45) is 0 Å². The first kappa shape index (κ1) is 19.5. The molecule has 0 aliphatic carbocycles. The zero-order valence-electron chi connectivity index (χ0n) is 14.1. The van der Waals surface area contributed by atoms with Crippen LogP contribution in [-0.4, -0.2) is 5.91 Å². The summed E-state index contributed by atoms with van der Waals surface area (Å²) in [5, 5.41) is 3.79. The maximum Gasteiger partial charge on any atom is 0.256 e. The number of anilines is 1. The van der Waals surface area contributed by atoms with Crippen molar-refractivity contribution in [2.75, 3.05) is 5.32 Å². The number of rotatable bonds is 3. The largest absolute Gasteiger partial charge is 0.457 e. The second-order valence-electron chi connectivity index (χ2n) is 6.07. The Hall–Kier alpha value is -1.79. The van der Waals surface area contributed by atoms with Crippen LogP contribution in [0.4, 0.5) is 5.69 Å². The van der Waals surface area contributed by atoms with E-state index in [4.69, 9.17) is 27.9 Å². The molecule has 0 radical (unpaired) electrons. The molecule has 1 amide bonds. The van der Waals surface area contributed by atoms with E-state index in [0.717, 1.165) is 25.8 Å². The Morgan fingerprint density at radius 2 is 1.71 bits per heavy atom. The summed E-state index contributed by atoms with van der Waals surface area (Å²) in [7, 11) is 0. The Morgan fingerprint density at radius 3 is 2.50 bits per heavy atom. The molecule has 1 heterocycles. The summed E-state index contributed by atoms with van der Waals surface area (Å²) in [5.41, 5.74) is 3.03. The minimum atomic E-state index is -0.149. The Balaban J connectivity index is 1.67. The Morgan fingerprint density at radius 1 is 0.929 bits per heavy atom. The lowest BCUT2D eigenvalue weighted by molar-refractivity contribution is -0.110. The van der Waals surface area contributed by atoms with Crippen LogP contribution in [0.1, 0.15) is 11.1 Å². The van der Waals surface area contributed by atoms with Gasteiger partial charge >= 0.3 is 0 Å². The van der Waals surface area contributed by atoms with E-state index < -0.39 is 0 Å². The quantitative estimate of drug-likeness (QED) is 0.345. The van der Waals surface area contributed by atoms with Crippen molar-refractivity contribution >= 4 is 78.3 Å². The van der Waals surface area contributed by atoms with Gasteiger partial charge < -0.3 is 10.1 Å². The number of hydrogen-bond acceptors (Lipinski definition) is 2. The normalized spacial score (nSPS) is 14.1. The molecular formula is C21H11Br2Cl2NO2. The van der Waals surface area contributed by atoms with Crippen molar-refractivity contribution in [1.82, 2.24) is 0 Å². The lowest BCUT2D eigenvalue weighted by atomic mass is 10.0. The number of carbonyl (C=O) groups excluding carboxylic acids is 1. The maximum atomic E-state index is 12.5. The zero-order valence-corrected chi connectivity index (χ0v) is 18.8. The second-order valence-corrected chi connectivity index (χ2v) is 8.66. The van der Waals surface area contributed by atoms with Crippen LogP contribution in [0.2, 0.25) is 10.0 Å². The highest BCUT2D eigenvalue weighted by Gasteiger charge is 2.26. The van der Waals surface area contributed by atoms with Crippen LogP contribution < -0.4 is 10.1 Å². The van der Waals surface area contributed by atoms with Gasteiger partial charge in [-0.1, -0.05) is 51.3 Å². The van der Waals surface area contributed by atoms with E-state index in [9.17, 15) is 4.79 Å². The first-order valence-electron chi connectivity index (χ1n) is 8.16. The molecule has 3 nitrogen and oxygen atoms in total. The SMILES string of the molecule is O=C1Nc2c(Br)cc(Br)cc2C1=Cc1cccc(Oc2ccc(Cl)c(Cl)c2)c1. The van der Waals surface area contributed by atoms with Gasteiger partial charge in [0.15, 0.2) is 0 Å². The van der Waals surface area contributed by atoms with Gasteiger partial charge in [-0.3, -0.25) is 4.79 Å². The highest BCUT2D eigenvalue weighted by Crippen LogP contribution is 2.40. The molecule has 3 aromatic rings. The summed E-state index contributed by atoms with van der Waals surface area (Å²) in [4.78, 5) is 12.5. The van der Waals surface area contributed by atoms with Gasteiger partial charge in [-0.25, -0.2) is 0 Å². The third-order valence-electron chi connectivity index (χ3n) is 4.12. The minimum Gasteiger partial charge on any atom is -0.457 e. The van der Waals surface area contributed by atoms with Gasteiger partial charge in [0, 0.05) is 26.1 Å². The fourth-order valence-electron chi connectivity index (χ4n) is 2.87. The summed E-state index contributed by atoms with van der Waals surface area (Å²) in [6.07, 6.45) is 1.84. The molecular weight excluding hydrogens is 529 g/mol. The molecule has 0 spiro atoms. The lowest BCUT2D eigenvalue weighted by Crippen LogP contribution is -2.03. The average molecular weight is 540 g/mol. The molecule has 3 aromatic carbocycles. The van der Waals surface area contributed by atoms with Gasteiger partial charge in [-0.05, 0) is 64.0 Å². The third kappa shape index (κ3) is 3.98. The number of halogens is 4. The van der Waals surface area contributed by atoms with Crippen molar-refractivity contribution in [2.45, 2.75) is 0 Å². The van der Waals surface area contributed by atoms with E-state index in [1.807, 2.05) is 42.5 Å². The molecule has 28 heavy (non-hydrogen) atoms. The Labute approximate surface area is 188 Å². The van der Waals surface area contributed by atoms with Crippen LogP contribution in [0, 0.1) is 0 Å². The molecule has 1 aliphatic heterocycles. The van der Waals surface area contributed by atoms with E-state index >= 15 is 0 Å². The lowest BCUT2D eigenvalue weighted by Gasteiger charge is -2.08. The Bertz CT molecular complexity index is 1150. The molecule has 0 saturated carbocycles. The molecule has 140 valence electrons. The van der Waals surface area contributed by atoms with Crippen molar-refractivity contribution < 1.29 is 9.53 Å². The summed E-state index contributed by atoms with van der Waals surface area (Å²) in [6.45, 7) is 0. The second kappa shape index (κ2) is 7.91. The fourth-order valence-corrected chi connectivity index (χ4v) is 4.48. The molecule has 7 heteroatoms. The Kier molecular flexibility index (Phi) is 5.52. The monoisotopic (exact) mass is 537 g/mol. The van der Waals surface area contributed by atoms with Crippen LogP contribution in [0.3, 0.4) is 0 Å². The number of carbonyl (C=O) groups is 1. The van der Waals surface area contributed by atoms with E-state index in [1.54, 1.807) is 18.2 Å². The molecule has 0 aromatic heterocycles. The van der Waals surface area contributed by atoms with Gasteiger partial charge in [0.2, 0.25) is 0 Å². The smallest absolute Gasteiger partial charge is 0.256 e. The van der Waals surface area contributed by atoms with Gasteiger partial charge in [-0.2, -0.15) is 0 Å². The molecule has 0 saturated heterocycles. The molecule has 1 N–H and O–H groups in total. The minimum absolute atomic E-state index is 0.149. The summed E-state index contributed by atoms with van der Waals surface area (Å²) >= 11 is 18.9. The van der Waals surface area contributed by atoms with E-state index in [-0.39, 0.29) is 5.91 Å². The highest BCUT2D eigenvalue weighted by atomic mass is 79.9. The number of nitrogens with one attached hydrogen (secondary N) is 1. The number of amides is 1. The average Bonchev–Trinajstić information content (AvgIpc) is 2.95. The first-order valence-corrected chi connectivity index (χ1v) is 10.5. The van der Waals surface area contributed by atoms with Crippen LogP contribution >= 0.6 is 55.1 Å². The topological polar surface area (TPSA) is 38.3 Å². The number of fused-ring (bicyclic) bond motifs is 1. The molecule has 0 bridgehead atoms. The fraction of sp³-hybridized carbons (Fsp3) is 0. The summed E-state index contributed by atoms with van der Waals surface area (Å²) in [6, 6.07) is 16.4. The molecule has 0 fully saturated rings. The molecule has 0 unspecified atom stereocenters. The standard InChI is InChI=1S/C21H11Br2Cl2NO2/c22-12-8-15-16(21(27)26-20(15)17(23)9-12)7-11-2-1-3-13(6-11)28-14-4-5-18(24)19(25)10-14/h1-10H,(H,26,27). The van der Waals surface area contributed by atoms with E-state index in [2.05, 4.69) is 37.2 Å². The first-order chi connectivity index (χ1) is 13.4. The van der Waals surface area contributed by atoms with Crippen molar-refractivity contribution in [3.63, 3.8) is 0 Å². The molecule has 0 atom stereocenters. The summed E-state index contributed by atoms with van der Waals surface area (Å²) in [5.74, 6) is 1.06. The zero-order chi connectivity index (χ0) is 19.8. The summed E-state index contributed by atoms with van der Waals surface area (Å²) < 4.78 is 7.58. The molecule has 1 aliphatic rings. The van der Waals surface area contributed by atoms with Gasteiger partial charge in [0.05, 0.1) is 15.7 Å². The van der Waals surface area contributed by atoms with Crippen LogP contribution in [-0.2, 0) is 4.79 Å². The van der Waals surface area contributed by atoms with Gasteiger partial charge in [-0.15, -0.1) is 0 Å². The number of benzene rings is 3. The van der Waals surface area contributed by atoms with Crippen molar-refractivity contribution in [3.8, 4) is 11.5 Å². The van der Waals surface area contributed by atoms with Crippen LogP contribution in [0.25, 0.3) is 11.6 Å². The molecule has 4 rings (SSSR count). The van der Waals surface area contributed by atoms with Crippen LogP contribution in [0.5, 0.6) is 11.5 Å². The number of ether oxygens (including phenoxy) is 1.